The number of hydrazine groups is 1. The van der Waals surface area contributed by atoms with Crippen molar-refractivity contribution in [2.75, 3.05) is 41.9 Å². The molecule has 1 aliphatic rings. The molecule has 1 heterocycles. The number of rotatable bonds is 9. The first-order chi connectivity index (χ1) is 10.2. The molecular formula is C13H25N7O. The molecule has 1 aliphatic carbocycles. The zero-order valence-electron chi connectivity index (χ0n) is 12.8. The molecule has 0 aliphatic heterocycles. The van der Waals surface area contributed by atoms with Gasteiger partial charge < -0.3 is 15.3 Å². The van der Waals surface area contributed by atoms with E-state index in [0.717, 1.165) is 38.9 Å². The molecule has 1 aromatic rings. The molecule has 0 spiro atoms. The van der Waals surface area contributed by atoms with Crippen LogP contribution in [-0.4, -0.2) is 46.3 Å². The van der Waals surface area contributed by atoms with Gasteiger partial charge in [0.25, 0.3) is 0 Å². The first kappa shape index (κ1) is 15.7. The van der Waals surface area contributed by atoms with Gasteiger partial charge in [0, 0.05) is 26.2 Å². The van der Waals surface area contributed by atoms with E-state index in [-0.39, 0.29) is 12.0 Å². The smallest absolute Gasteiger partial charge is 0.243 e. The van der Waals surface area contributed by atoms with Crippen molar-refractivity contribution in [3.63, 3.8) is 0 Å². The third kappa shape index (κ3) is 3.92. The van der Waals surface area contributed by atoms with Crippen molar-refractivity contribution in [1.82, 2.24) is 15.0 Å². The second-order valence-corrected chi connectivity index (χ2v) is 5.43. The Kier molecular flexibility index (Phi) is 5.13. The molecule has 8 nitrogen and oxygen atoms in total. The maximum absolute atomic E-state index is 9.10. The number of anilines is 3. The standard InChI is InChI=1S/C13H25N7O/c1-3-20(4-2)12-17-10(16-11(18-12)19-14)15-9-13(5-6-13)7-8-21/h21H,3-9,14H2,1-2H3,(H2,15,16,17,18,19). The minimum Gasteiger partial charge on any atom is -0.396 e. The van der Waals surface area contributed by atoms with Crippen LogP contribution in [0.5, 0.6) is 0 Å². The number of aliphatic hydroxyl groups excluding tert-OH is 1. The van der Waals surface area contributed by atoms with Gasteiger partial charge in [-0.15, -0.1) is 0 Å². The van der Waals surface area contributed by atoms with Crippen LogP contribution in [0.2, 0.25) is 0 Å². The molecule has 118 valence electrons. The van der Waals surface area contributed by atoms with E-state index in [1.807, 2.05) is 4.90 Å². The summed E-state index contributed by atoms with van der Waals surface area (Å²) in [4.78, 5) is 15.0. The average molecular weight is 295 g/mol. The molecule has 2 rings (SSSR count). The van der Waals surface area contributed by atoms with E-state index in [9.17, 15) is 0 Å². The van der Waals surface area contributed by atoms with Crippen molar-refractivity contribution < 1.29 is 5.11 Å². The van der Waals surface area contributed by atoms with E-state index < -0.39 is 0 Å². The fourth-order valence-electron chi connectivity index (χ4n) is 2.35. The van der Waals surface area contributed by atoms with Gasteiger partial charge in [0.2, 0.25) is 17.8 Å². The summed E-state index contributed by atoms with van der Waals surface area (Å²) in [5, 5.41) is 12.4. The molecule has 1 fully saturated rings. The third-order valence-electron chi connectivity index (χ3n) is 4.02. The molecule has 0 saturated heterocycles. The molecular weight excluding hydrogens is 270 g/mol. The van der Waals surface area contributed by atoms with Crippen molar-refractivity contribution in [3.05, 3.63) is 0 Å². The van der Waals surface area contributed by atoms with Crippen LogP contribution in [0.15, 0.2) is 0 Å². The van der Waals surface area contributed by atoms with Crippen LogP contribution in [0.1, 0.15) is 33.1 Å². The summed E-state index contributed by atoms with van der Waals surface area (Å²) in [6.07, 6.45) is 3.09. The van der Waals surface area contributed by atoms with Gasteiger partial charge in [-0.3, -0.25) is 5.43 Å². The molecule has 0 amide bonds. The highest BCUT2D eigenvalue weighted by atomic mass is 16.3. The van der Waals surface area contributed by atoms with Gasteiger partial charge in [0.1, 0.15) is 0 Å². The summed E-state index contributed by atoms with van der Waals surface area (Å²) in [6.45, 7) is 6.72. The maximum Gasteiger partial charge on any atom is 0.243 e. The fraction of sp³-hybridized carbons (Fsp3) is 0.769. The summed E-state index contributed by atoms with van der Waals surface area (Å²) in [5.41, 5.74) is 2.68. The fourth-order valence-corrected chi connectivity index (χ4v) is 2.35. The second kappa shape index (κ2) is 6.86. The van der Waals surface area contributed by atoms with E-state index in [1.54, 1.807) is 0 Å². The lowest BCUT2D eigenvalue weighted by molar-refractivity contribution is 0.253. The monoisotopic (exact) mass is 295 g/mol. The van der Waals surface area contributed by atoms with Crippen LogP contribution in [0.3, 0.4) is 0 Å². The van der Waals surface area contributed by atoms with Crippen molar-refractivity contribution in [1.29, 1.82) is 0 Å². The number of aromatic nitrogens is 3. The van der Waals surface area contributed by atoms with Crippen LogP contribution in [-0.2, 0) is 0 Å². The highest BCUT2D eigenvalue weighted by Gasteiger charge is 2.41. The Morgan fingerprint density at radius 1 is 1.19 bits per heavy atom. The van der Waals surface area contributed by atoms with E-state index >= 15 is 0 Å². The van der Waals surface area contributed by atoms with Crippen LogP contribution in [0.25, 0.3) is 0 Å². The maximum atomic E-state index is 9.10. The molecule has 1 aromatic heterocycles. The van der Waals surface area contributed by atoms with Gasteiger partial charge in [-0.2, -0.15) is 15.0 Å². The lowest BCUT2D eigenvalue weighted by Gasteiger charge is -2.20. The van der Waals surface area contributed by atoms with E-state index in [1.165, 1.54) is 0 Å². The van der Waals surface area contributed by atoms with Crippen molar-refractivity contribution >= 4 is 17.8 Å². The van der Waals surface area contributed by atoms with Gasteiger partial charge >= 0.3 is 0 Å². The van der Waals surface area contributed by atoms with Crippen LogP contribution >= 0.6 is 0 Å². The number of hydrogen-bond acceptors (Lipinski definition) is 8. The SMILES string of the molecule is CCN(CC)c1nc(NN)nc(NCC2(CCO)CC2)n1. The van der Waals surface area contributed by atoms with Gasteiger partial charge in [0.05, 0.1) is 0 Å². The molecule has 0 bridgehead atoms. The summed E-state index contributed by atoms with van der Waals surface area (Å²) in [7, 11) is 0. The summed E-state index contributed by atoms with van der Waals surface area (Å²) >= 11 is 0. The first-order valence-corrected chi connectivity index (χ1v) is 7.48. The zero-order valence-corrected chi connectivity index (χ0v) is 12.8. The van der Waals surface area contributed by atoms with Crippen molar-refractivity contribution in [2.24, 2.45) is 11.3 Å². The van der Waals surface area contributed by atoms with E-state index in [2.05, 4.69) is 39.5 Å². The van der Waals surface area contributed by atoms with Crippen molar-refractivity contribution in [2.45, 2.75) is 33.1 Å². The second-order valence-electron chi connectivity index (χ2n) is 5.43. The number of nitrogens with two attached hydrogens (primary N) is 1. The van der Waals surface area contributed by atoms with Gasteiger partial charge in [-0.25, -0.2) is 5.84 Å². The molecule has 0 aromatic carbocycles. The predicted molar refractivity (Wildman–Crippen MR) is 83.1 cm³/mol. The largest absolute Gasteiger partial charge is 0.396 e. The summed E-state index contributed by atoms with van der Waals surface area (Å²) in [6, 6.07) is 0. The normalized spacial score (nSPS) is 15.6. The minimum atomic E-state index is 0.201. The number of hydrogen-bond donors (Lipinski definition) is 4. The average Bonchev–Trinajstić information content (AvgIpc) is 3.27. The highest BCUT2D eigenvalue weighted by Crippen LogP contribution is 2.48. The Hall–Kier alpha value is -1.67. The van der Waals surface area contributed by atoms with Crippen LogP contribution in [0.4, 0.5) is 17.8 Å². The predicted octanol–water partition coefficient (Wildman–Crippen LogP) is 0.578. The minimum absolute atomic E-state index is 0.201. The molecule has 0 atom stereocenters. The first-order valence-electron chi connectivity index (χ1n) is 7.48. The number of nitrogen functional groups attached to an aromatic ring is 1. The Bertz CT molecular complexity index is 460. The summed E-state index contributed by atoms with van der Waals surface area (Å²) < 4.78 is 0. The Morgan fingerprint density at radius 3 is 2.38 bits per heavy atom. The lowest BCUT2D eigenvalue weighted by Crippen LogP contribution is -2.26. The highest BCUT2D eigenvalue weighted by molar-refractivity contribution is 5.43. The molecule has 0 unspecified atom stereocenters. The number of aliphatic hydroxyl groups is 1. The van der Waals surface area contributed by atoms with E-state index in [4.69, 9.17) is 10.9 Å². The Balaban J connectivity index is 2.09. The third-order valence-corrected chi connectivity index (χ3v) is 4.02. The topological polar surface area (TPSA) is 112 Å². The Labute approximate surface area is 125 Å². The van der Waals surface area contributed by atoms with Crippen LogP contribution in [0, 0.1) is 5.41 Å². The van der Waals surface area contributed by atoms with E-state index in [0.29, 0.717) is 17.8 Å². The van der Waals surface area contributed by atoms with Crippen molar-refractivity contribution in [3.8, 4) is 0 Å². The molecule has 1 saturated carbocycles. The Morgan fingerprint density at radius 2 is 1.86 bits per heavy atom. The van der Waals surface area contributed by atoms with Gasteiger partial charge in [-0.05, 0) is 38.5 Å². The number of nitrogens with one attached hydrogen (secondary N) is 2. The van der Waals surface area contributed by atoms with Gasteiger partial charge in [0.15, 0.2) is 0 Å². The lowest BCUT2D eigenvalue weighted by atomic mass is 10.0. The van der Waals surface area contributed by atoms with Gasteiger partial charge in [-0.1, -0.05) is 0 Å². The quantitative estimate of drug-likeness (QED) is 0.386. The molecule has 5 N–H and O–H groups in total. The number of nitrogens with zero attached hydrogens (tertiary/aromatic N) is 4. The molecule has 0 radical (unpaired) electrons. The zero-order chi connectivity index (χ0) is 15.3. The summed E-state index contributed by atoms with van der Waals surface area (Å²) in [5.74, 6) is 6.91. The molecule has 8 heteroatoms. The molecule has 21 heavy (non-hydrogen) atoms. The van der Waals surface area contributed by atoms with Crippen LogP contribution < -0.4 is 21.5 Å².